The average molecular weight is 375 g/mol. The third-order valence-corrected chi connectivity index (χ3v) is 4.57. The van der Waals surface area contributed by atoms with Crippen molar-refractivity contribution in [2.45, 2.75) is 32.4 Å². The Hall–Kier alpha value is -2.94. The fourth-order valence-corrected chi connectivity index (χ4v) is 3.06. The van der Waals surface area contributed by atoms with E-state index in [0.717, 1.165) is 24.0 Å². The summed E-state index contributed by atoms with van der Waals surface area (Å²) in [6.07, 6.45) is 9.47. The van der Waals surface area contributed by atoms with E-state index in [-0.39, 0.29) is 0 Å². The lowest BCUT2D eigenvalue weighted by Crippen LogP contribution is -1.94. The molecule has 0 aliphatic carbocycles. The summed E-state index contributed by atoms with van der Waals surface area (Å²) in [6.45, 7) is 5.70. The molecule has 0 saturated carbocycles. The van der Waals surface area contributed by atoms with Crippen molar-refractivity contribution in [1.82, 2.24) is 4.98 Å². The first-order valence-electron chi connectivity index (χ1n) is 9.70. The Morgan fingerprint density at radius 2 is 1.86 bits per heavy atom. The van der Waals surface area contributed by atoms with Crippen LogP contribution in [0.3, 0.4) is 0 Å². The smallest absolute Gasteiger partial charge is 0.213 e. The minimum absolute atomic E-state index is 0.452. The molecular formula is C25H26FNO. The van der Waals surface area contributed by atoms with E-state index in [1.165, 1.54) is 16.3 Å². The molecule has 1 atom stereocenters. The van der Waals surface area contributed by atoms with Crippen molar-refractivity contribution < 1.29 is 9.13 Å². The average Bonchev–Trinajstić information content (AvgIpc) is 2.71. The van der Waals surface area contributed by atoms with Crippen LogP contribution in [-0.4, -0.2) is 17.8 Å². The molecule has 3 aromatic rings. The molecule has 0 amide bonds. The van der Waals surface area contributed by atoms with Crippen molar-refractivity contribution in [1.29, 1.82) is 0 Å². The van der Waals surface area contributed by atoms with Crippen molar-refractivity contribution in [2.24, 2.45) is 0 Å². The predicted octanol–water partition coefficient (Wildman–Crippen LogP) is 7.01. The monoisotopic (exact) mass is 375 g/mol. The third kappa shape index (κ3) is 5.53. The fourth-order valence-electron chi connectivity index (χ4n) is 3.06. The fraction of sp³-hybridized carbons (Fsp3) is 0.240. The SMILES string of the molecule is C=CCOc1ccc(-c2ccc3cc(/C=C/CCCC(C)F)ccc3c2)cn1. The Labute approximate surface area is 166 Å². The minimum Gasteiger partial charge on any atom is -0.473 e. The van der Waals surface area contributed by atoms with Gasteiger partial charge in [-0.1, -0.05) is 49.1 Å². The molecule has 3 heteroatoms. The maximum absolute atomic E-state index is 12.8. The highest BCUT2D eigenvalue weighted by atomic mass is 19.1. The van der Waals surface area contributed by atoms with Gasteiger partial charge < -0.3 is 4.74 Å². The summed E-state index contributed by atoms with van der Waals surface area (Å²) >= 11 is 0. The molecule has 3 rings (SSSR count). The number of benzene rings is 2. The number of halogens is 1. The number of aromatic nitrogens is 1. The van der Waals surface area contributed by atoms with E-state index >= 15 is 0 Å². The summed E-state index contributed by atoms with van der Waals surface area (Å²) in [6, 6.07) is 16.7. The molecule has 2 aromatic carbocycles. The Balaban J connectivity index is 1.70. The standard InChI is InChI=1S/C25H26FNO/c1-3-15-28-25-14-13-24(18-27-25)23-12-11-21-16-20(9-10-22(21)17-23)8-6-4-5-7-19(2)26/h3,6,8-14,16-19H,1,4-5,7,15H2,2H3/b8-6+. The van der Waals surface area contributed by atoms with E-state index < -0.39 is 6.17 Å². The Kier molecular flexibility index (Phi) is 6.96. The molecule has 0 aliphatic rings. The summed E-state index contributed by atoms with van der Waals surface area (Å²) in [5.74, 6) is 0.599. The van der Waals surface area contributed by atoms with E-state index in [9.17, 15) is 4.39 Å². The quantitative estimate of drug-likeness (QED) is 0.296. The molecule has 1 unspecified atom stereocenters. The first-order valence-corrected chi connectivity index (χ1v) is 9.70. The van der Waals surface area contributed by atoms with Gasteiger partial charge in [0.25, 0.3) is 0 Å². The second kappa shape index (κ2) is 9.84. The summed E-state index contributed by atoms with van der Waals surface area (Å²) in [4.78, 5) is 4.34. The molecule has 0 N–H and O–H groups in total. The van der Waals surface area contributed by atoms with Crippen LogP contribution >= 0.6 is 0 Å². The summed E-state index contributed by atoms with van der Waals surface area (Å²) in [7, 11) is 0. The maximum Gasteiger partial charge on any atom is 0.213 e. The highest BCUT2D eigenvalue weighted by Crippen LogP contribution is 2.26. The van der Waals surface area contributed by atoms with Crippen molar-refractivity contribution in [3.05, 3.63) is 79.0 Å². The van der Waals surface area contributed by atoms with Gasteiger partial charge in [-0.2, -0.15) is 0 Å². The van der Waals surface area contributed by atoms with Gasteiger partial charge in [-0.05, 0) is 66.3 Å². The molecule has 1 aromatic heterocycles. The molecule has 0 radical (unpaired) electrons. The molecule has 0 spiro atoms. The largest absolute Gasteiger partial charge is 0.473 e. The van der Waals surface area contributed by atoms with Crippen LogP contribution in [0.5, 0.6) is 5.88 Å². The van der Waals surface area contributed by atoms with Crippen LogP contribution in [0.1, 0.15) is 31.7 Å². The number of allylic oxidation sites excluding steroid dienone is 1. The van der Waals surface area contributed by atoms with Crippen LogP contribution in [-0.2, 0) is 0 Å². The Morgan fingerprint density at radius 3 is 2.61 bits per heavy atom. The minimum atomic E-state index is -0.714. The first-order chi connectivity index (χ1) is 13.7. The van der Waals surface area contributed by atoms with Crippen LogP contribution in [0.25, 0.3) is 28.0 Å². The number of nitrogens with zero attached hydrogens (tertiary/aromatic N) is 1. The molecule has 0 bridgehead atoms. The lowest BCUT2D eigenvalue weighted by atomic mass is 10.0. The number of fused-ring (bicyclic) bond motifs is 1. The second-order valence-corrected chi connectivity index (χ2v) is 6.92. The number of hydrogen-bond acceptors (Lipinski definition) is 2. The molecule has 0 saturated heterocycles. The summed E-state index contributed by atoms with van der Waals surface area (Å²) in [5, 5.41) is 2.38. The molecule has 0 aliphatic heterocycles. The van der Waals surface area contributed by atoms with Gasteiger partial charge >= 0.3 is 0 Å². The summed E-state index contributed by atoms with van der Waals surface area (Å²) < 4.78 is 18.2. The van der Waals surface area contributed by atoms with Crippen molar-refractivity contribution in [2.75, 3.05) is 6.61 Å². The van der Waals surface area contributed by atoms with Crippen molar-refractivity contribution >= 4 is 16.8 Å². The van der Waals surface area contributed by atoms with Gasteiger partial charge in [-0.25, -0.2) is 9.37 Å². The van der Waals surface area contributed by atoms with Gasteiger partial charge in [0.05, 0.1) is 6.17 Å². The van der Waals surface area contributed by atoms with E-state index in [1.807, 2.05) is 18.3 Å². The highest BCUT2D eigenvalue weighted by Gasteiger charge is 2.02. The van der Waals surface area contributed by atoms with Gasteiger partial charge in [-0.3, -0.25) is 0 Å². The van der Waals surface area contributed by atoms with Gasteiger partial charge in [0.1, 0.15) is 6.61 Å². The number of rotatable bonds is 9. The van der Waals surface area contributed by atoms with Crippen LogP contribution in [0.2, 0.25) is 0 Å². The Bertz CT molecular complexity index is 944. The van der Waals surface area contributed by atoms with E-state index in [0.29, 0.717) is 18.9 Å². The van der Waals surface area contributed by atoms with Gasteiger partial charge in [0, 0.05) is 17.8 Å². The van der Waals surface area contributed by atoms with Crippen LogP contribution in [0.15, 0.2) is 73.5 Å². The third-order valence-electron chi connectivity index (χ3n) is 4.57. The summed E-state index contributed by atoms with van der Waals surface area (Å²) in [5.41, 5.74) is 3.34. The number of unbranched alkanes of at least 4 members (excludes halogenated alkanes) is 1. The maximum atomic E-state index is 12.8. The zero-order chi connectivity index (χ0) is 19.8. The molecule has 2 nitrogen and oxygen atoms in total. The van der Waals surface area contributed by atoms with Crippen LogP contribution < -0.4 is 4.74 Å². The second-order valence-electron chi connectivity index (χ2n) is 6.92. The van der Waals surface area contributed by atoms with Gasteiger partial charge in [0.2, 0.25) is 5.88 Å². The van der Waals surface area contributed by atoms with Crippen LogP contribution in [0.4, 0.5) is 4.39 Å². The molecule has 28 heavy (non-hydrogen) atoms. The zero-order valence-electron chi connectivity index (χ0n) is 16.3. The van der Waals surface area contributed by atoms with Gasteiger partial charge in [-0.15, -0.1) is 0 Å². The topological polar surface area (TPSA) is 22.1 Å². The highest BCUT2D eigenvalue weighted by molar-refractivity contribution is 5.88. The zero-order valence-corrected chi connectivity index (χ0v) is 16.3. The lowest BCUT2D eigenvalue weighted by molar-refractivity contribution is 0.335. The number of hydrogen-bond donors (Lipinski definition) is 0. The molecular weight excluding hydrogens is 349 g/mol. The van der Waals surface area contributed by atoms with Crippen LogP contribution in [0, 0.1) is 0 Å². The first kappa shape index (κ1) is 19.8. The molecule has 1 heterocycles. The number of pyridine rings is 1. The molecule has 144 valence electrons. The van der Waals surface area contributed by atoms with E-state index in [4.69, 9.17) is 4.74 Å². The molecule has 0 fully saturated rings. The van der Waals surface area contributed by atoms with Crippen molar-refractivity contribution in [3.8, 4) is 17.0 Å². The van der Waals surface area contributed by atoms with E-state index in [1.54, 1.807) is 13.0 Å². The normalized spacial score (nSPS) is 12.4. The predicted molar refractivity (Wildman–Crippen MR) is 116 cm³/mol. The Morgan fingerprint density at radius 1 is 1.07 bits per heavy atom. The van der Waals surface area contributed by atoms with E-state index in [2.05, 4.69) is 60.1 Å². The lowest BCUT2D eigenvalue weighted by Gasteiger charge is -2.07. The number of ether oxygens (including phenoxy) is 1. The van der Waals surface area contributed by atoms with Gasteiger partial charge in [0.15, 0.2) is 0 Å². The van der Waals surface area contributed by atoms with Crippen molar-refractivity contribution in [3.63, 3.8) is 0 Å². The number of alkyl halides is 1.